The number of oxime groups is 1. The van der Waals surface area contributed by atoms with Crippen molar-refractivity contribution in [3.05, 3.63) is 22.0 Å². The van der Waals surface area contributed by atoms with Gasteiger partial charge in [-0.25, -0.2) is 0 Å². The minimum absolute atomic E-state index is 0.242. The molecule has 0 atom stereocenters. The molecule has 0 saturated carbocycles. The van der Waals surface area contributed by atoms with Crippen LogP contribution >= 0.6 is 31.9 Å². The molecule has 0 aromatic rings. The zero-order valence-corrected chi connectivity index (χ0v) is 15.6. The highest BCUT2D eigenvalue weighted by Crippen LogP contribution is 2.56. The maximum absolute atomic E-state index is 6.23. The van der Waals surface area contributed by atoms with Gasteiger partial charge in [0.2, 0.25) is 0 Å². The van der Waals surface area contributed by atoms with Crippen LogP contribution in [0, 0.1) is 0 Å². The second kappa shape index (κ2) is 7.82. The SMILES string of the molecule is CCC(C)(C)S(C)(C)OCC1=CC=C(/C=N/OC)SS1. The average molecular weight is 336 g/mol. The second-order valence-corrected chi connectivity index (χ2v) is 11.5. The Balaban J connectivity index is 2.57. The van der Waals surface area contributed by atoms with E-state index in [0.717, 1.165) is 11.3 Å². The van der Waals surface area contributed by atoms with Crippen molar-refractivity contribution in [3.8, 4) is 0 Å². The number of hydrogen-bond donors (Lipinski definition) is 0. The normalized spacial score (nSPS) is 17.9. The highest BCUT2D eigenvalue weighted by molar-refractivity contribution is 8.79. The Labute approximate surface area is 132 Å². The van der Waals surface area contributed by atoms with E-state index in [1.165, 1.54) is 4.91 Å². The maximum Gasteiger partial charge on any atom is 0.106 e. The summed E-state index contributed by atoms with van der Waals surface area (Å²) in [4.78, 5) is 7.01. The van der Waals surface area contributed by atoms with Crippen molar-refractivity contribution in [1.82, 2.24) is 0 Å². The van der Waals surface area contributed by atoms with E-state index < -0.39 is 10.3 Å². The molecule has 0 spiro atoms. The zero-order valence-electron chi connectivity index (χ0n) is 13.1. The summed E-state index contributed by atoms with van der Waals surface area (Å²) in [5.41, 5.74) is 0. The number of nitrogens with zero attached hydrogens (tertiary/aromatic N) is 1. The standard InChI is InChI=1S/C14H25NO2S3/c1-7-14(2,3)20(5,6)17-11-13-9-8-12(18-19-13)10-15-16-4/h8-10H,7,11H2,1-6H3/b15-10+. The molecule has 1 heterocycles. The molecular weight excluding hydrogens is 310 g/mol. The van der Waals surface area contributed by atoms with Crippen LogP contribution in [0.1, 0.15) is 27.2 Å². The first-order valence-corrected chi connectivity index (χ1v) is 11.0. The quantitative estimate of drug-likeness (QED) is 0.373. The van der Waals surface area contributed by atoms with E-state index in [4.69, 9.17) is 4.18 Å². The summed E-state index contributed by atoms with van der Waals surface area (Å²) in [6.07, 6.45) is 11.5. The molecule has 0 aromatic carbocycles. The van der Waals surface area contributed by atoms with Gasteiger partial charge in [0.1, 0.15) is 7.11 Å². The van der Waals surface area contributed by atoms with Crippen molar-refractivity contribution in [2.75, 3.05) is 26.2 Å². The molecule has 0 unspecified atom stereocenters. The third-order valence-corrected chi connectivity index (χ3v) is 9.75. The van der Waals surface area contributed by atoms with E-state index in [1.54, 1.807) is 34.9 Å². The van der Waals surface area contributed by atoms with Crippen molar-refractivity contribution in [3.63, 3.8) is 0 Å². The minimum Gasteiger partial charge on any atom is -0.399 e. The molecule has 0 fully saturated rings. The van der Waals surface area contributed by atoms with Crippen LogP contribution in [0.5, 0.6) is 0 Å². The van der Waals surface area contributed by atoms with Crippen LogP contribution < -0.4 is 0 Å². The lowest BCUT2D eigenvalue weighted by Crippen LogP contribution is -2.28. The Bertz CT molecular complexity index is 415. The summed E-state index contributed by atoms with van der Waals surface area (Å²) in [5.74, 6) is 0. The Morgan fingerprint density at radius 1 is 1.30 bits per heavy atom. The largest absolute Gasteiger partial charge is 0.399 e. The highest BCUT2D eigenvalue weighted by atomic mass is 33.1. The molecule has 1 aliphatic rings. The molecule has 0 bridgehead atoms. The Hall–Kier alpha value is -0.0400. The van der Waals surface area contributed by atoms with Gasteiger partial charge in [0.25, 0.3) is 0 Å². The van der Waals surface area contributed by atoms with Gasteiger partial charge >= 0.3 is 0 Å². The van der Waals surface area contributed by atoms with Crippen LogP contribution in [0.2, 0.25) is 0 Å². The van der Waals surface area contributed by atoms with Crippen LogP contribution in [0.4, 0.5) is 0 Å². The summed E-state index contributed by atoms with van der Waals surface area (Å²) >= 11 is 0. The van der Waals surface area contributed by atoms with E-state index >= 15 is 0 Å². The van der Waals surface area contributed by atoms with Crippen LogP contribution in [0.15, 0.2) is 27.1 Å². The van der Waals surface area contributed by atoms with E-state index in [9.17, 15) is 0 Å². The van der Waals surface area contributed by atoms with Crippen molar-refractivity contribution >= 4 is 38.1 Å². The van der Waals surface area contributed by atoms with Gasteiger partial charge in [-0.15, -0.1) is 10.3 Å². The van der Waals surface area contributed by atoms with Gasteiger partial charge in [0.15, 0.2) is 0 Å². The minimum atomic E-state index is -1.07. The lowest BCUT2D eigenvalue weighted by molar-refractivity contribution is 0.215. The topological polar surface area (TPSA) is 30.8 Å². The van der Waals surface area contributed by atoms with Gasteiger partial charge in [0.05, 0.1) is 12.8 Å². The number of rotatable bonds is 7. The van der Waals surface area contributed by atoms with Crippen LogP contribution in [0.3, 0.4) is 0 Å². The molecule has 6 heteroatoms. The van der Waals surface area contributed by atoms with Crippen LogP contribution in [-0.2, 0) is 9.02 Å². The highest BCUT2D eigenvalue weighted by Gasteiger charge is 2.32. The van der Waals surface area contributed by atoms with Gasteiger partial charge in [-0.1, -0.05) is 47.5 Å². The first kappa shape index (κ1) is 18.0. The van der Waals surface area contributed by atoms with Crippen LogP contribution in [-0.4, -0.2) is 37.2 Å². The van der Waals surface area contributed by atoms with Gasteiger partial charge in [0, 0.05) is 14.6 Å². The first-order valence-electron chi connectivity index (χ1n) is 6.51. The fourth-order valence-electron chi connectivity index (χ4n) is 1.29. The third kappa shape index (κ3) is 5.06. The summed E-state index contributed by atoms with van der Waals surface area (Å²) in [7, 11) is 3.90. The lowest BCUT2D eigenvalue weighted by Gasteiger charge is -2.45. The molecule has 0 aliphatic carbocycles. The van der Waals surface area contributed by atoms with Gasteiger partial charge in [-0.2, -0.15) is 0 Å². The fourth-order valence-corrected chi connectivity index (χ4v) is 4.66. The van der Waals surface area contributed by atoms with Crippen molar-refractivity contribution < 1.29 is 9.02 Å². The number of allylic oxidation sites excluding steroid dienone is 3. The van der Waals surface area contributed by atoms with Crippen molar-refractivity contribution in [1.29, 1.82) is 0 Å². The molecule has 0 saturated heterocycles. The summed E-state index contributed by atoms with van der Waals surface area (Å²) in [5, 5.41) is 3.77. The summed E-state index contributed by atoms with van der Waals surface area (Å²) in [6, 6.07) is 0. The molecule has 0 radical (unpaired) electrons. The molecule has 1 rings (SSSR count). The molecule has 0 aromatic heterocycles. The zero-order chi connectivity index (χ0) is 15.2. The Kier molecular flexibility index (Phi) is 7.04. The van der Waals surface area contributed by atoms with Gasteiger partial charge < -0.3 is 9.02 Å². The van der Waals surface area contributed by atoms with Gasteiger partial charge in [-0.3, -0.25) is 0 Å². The molecule has 20 heavy (non-hydrogen) atoms. The monoisotopic (exact) mass is 335 g/mol. The van der Waals surface area contributed by atoms with E-state index in [-0.39, 0.29) is 4.75 Å². The van der Waals surface area contributed by atoms with Crippen LogP contribution in [0.25, 0.3) is 0 Å². The molecule has 116 valence electrons. The summed E-state index contributed by atoms with van der Waals surface area (Å²) in [6.45, 7) is 7.50. The predicted octanol–water partition coefficient (Wildman–Crippen LogP) is 4.97. The molecule has 1 aliphatic heterocycles. The predicted molar refractivity (Wildman–Crippen MR) is 96.6 cm³/mol. The molecular formula is C14H25NO2S3. The van der Waals surface area contributed by atoms with E-state index in [0.29, 0.717) is 6.61 Å². The van der Waals surface area contributed by atoms with E-state index in [2.05, 4.69) is 55.4 Å². The maximum atomic E-state index is 6.23. The number of hydrogen-bond acceptors (Lipinski definition) is 5. The fraction of sp³-hybridized carbons (Fsp3) is 0.643. The van der Waals surface area contributed by atoms with E-state index in [1.807, 2.05) is 0 Å². The lowest BCUT2D eigenvalue weighted by atomic mass is 10.1. The van der Waals surface area contributed by atoms with Crippen molar-refractivity contribution in [2.45, 2.75) is 31.9 Å². The Morgan fingerprint density at radius 3 is 2.50 bits per heavy atom. The molecule has 3 nitrogen and oxygen atoms in total. The Morgan fingerprint density at radius 2 is 2.00 bits per heavy atom. The van der Waals surface area contributed by atoms with Crippen molar-refractivity contribution in [2.24, 2.45) is 5.16 Å². The molecule has 0 amide bonds. The summed E-state index contributed by atoms with van der Waals surface area (Å²) < 4.78 is 6.48. The second-order valence-electron chi connectivity index (χ2n) is 5.39. The van der Waals surface area contributed by atoms with Gasteiger partial charge in [-0.05, 0) is 31.1 Å². The smallest absolute Gasteiger partial charge is 0.106 e. The molecule has 0 N–H and O–H groups in total. The average Bonchev–Trinajstić information content (AvgIpc) is 2.43. The first-order chi connectivity index (χ1) is 9.32. The third-order valence-electron chi connectivity index (χ3n) is 3.64.